The lowest BCUT2D eigenvalue weighted by Crippen LogP contribution is -2.26. The molecule has 0 aromatic heterocycles. The van der Waals surface area contributed by atoms with E-state index in [1.54, 1.807) is 7.11 Å². The monoisotopic (exact) mass is 252 g/mol. The van der Waals surface area contributed by atoms with Crippen molar-refractivity contribution in [3.8, 4) is 5.75 Å². The van der Waals surface area contributed by atoms with Crippen molar-refractivity contribution >= 4 is 0 Å². The molecule has 18 heavy (non-hydrogen) atoms. The minimum atomic E-state index is -0.661. The summed E-state index contributed by atoms with van der Waals surface area (Å²) in [5, 5.41) is 10.2. The number of hydrogen-bond acceptors (Lipinski definition) is 3. The van der Waals surface area contributed by atoms with Gasteiger partial charge in [0.1, 0.15) is 11.9 Å². The molecule has 0 aliphatic rings. The highest BCUT2D eigenvalue weighted by Gasteiger charge is 2.20. The first-order valence-corrected chi connectivity index (χ1v) is 6.36. The van der Waals surface area contributed by atoms with Crippen LogP contribution in [-0.2, 0) is 4.74 Å². The van der Waals surface area contributed by atoms with Gasteiger partial charge >= 0.3 is 0 Å². The first-order chi connectivity index (χ1) is 8.39. The highest BCUT2D eigenvalue weighted by Crippen LogP contribution is 2.27. The Bertz CT molecular complexity index is 385. The van der Waals surface area contributed by atoms with Gasteiger partial charge in [0.05, 0.1) is 19.3 Å². The van der Waals surface area contributed by atoms with Gasteiger partial charge in [-0.05, 0) is 39.3 Å². The van der Waals surface area contributed by atoms with E-state index >= 15 is 0 Å². The van der Waals surface area contributed by atoms with Crippen LogP contribution in [0.15, 0.2) is 18.2 Å². The van der Waals surface area contributed by atoms with Gasteiger partial charge in [0, 0.05) is 5.56 Å². The summed E-state index contributed by atoms with van der Waals surface area (Å²) in [6.07, 6.45) is 0.246. The molecule has 1 rings (SSSR count). The van der Waals surface area contributed by atoms with Crippen LogP contribution >= 0.6 is 0 Å². The minimum absolute atomic E-state index is 0.210. The first-order valence-electron chi connectivity index (χ1n) is 6.36. The van der Waals surface area contributed by atoms with E-state index in [-0.39, 0.29) is 12.2 Å². The van der Waals surface area contributed by atoms with Gasteiger partial charge in [-0.1, -0.05) is 18.6 Å². The maximum atomic E-state index is 10.2. The maximum Gasteiger partial charge on any atom is 0.124 e. The van der Waals surface area contributed by atoms with Gasteiger partial charge in [0.25, 0.3) is 0 Å². The molecule has 0 radical (unpaired) electrons. The third-order valence-electron chi connectivity index (χ3n) is 3.23. The van der Waals surface area contributed by atoms with Crippen LogP contribution in [0.2, 0.25) is 0 Å². The summed E-state index contributed by atoms with van der Waals surface area (Å²) in [6, 6.07) is 5.77. The highest BCUT2D eigenvalue weighted by molar-refractivity contribution is 5.38. The molecule has 0 aliphatic carbocycles. The molecule has 0 saturated carbocycles. The van der Waals surface area contributed by atoms with Crippen LogP contribution in [0.5, 0.6) is 5.75 Å². The Kier molecular flexibility index (Phi) is 5.17. The van der Waals surface area contributed by atoms with Crippen molar-refractivity contribution in [2.75, 3.05) is 13.7 Å². The third-order valence-corrected chi connectivity index (χ3v) is 3.23. The number of aliphatic hydroxyl groups is 1. The SMILES string of the molecule is CCC(C)(C)OCC(O)c1cc(C)ccc1OC. The molecule has 1 unspecified atom stereocenters. The minimum Gasteiger partial charge on any atom is -0.496 e. The Hall–Kier alpha value is -1.06. The van der Waals surface area contributed by atoms with E-state index in [0.29, 0.717) is 5.75 Å². The number of rotatable bonds is 6. The second-order valence-corrected chi connectivity index (χ2v) is 5.19. The van der Waals surface area contributed by atoms with Gasteiger partial charge in [0.2, 0.25) is 0 Å². The zero-order valence-corrected chi connectivity index (χ0v) is 12.0. The Morgan fingerprint density at radius 3 is 2.56 bits per heavy atom. The van der Waals surface area contributed by atoms with Crippen molar-refractivity contribution in [1.29, 1.82) is 0 Å². The summed E-state index contributed by atoms with van der Waals surface area (Å²) >= 11 is 0. The Balaban J connectivity index is 2.77. The molecule has 1 atom stereocenters. The van der Waals surface area contributed by atoms with Crippen molar-refractivity contribution in [2.45, 2.75) is 45.8 Å². The molecule has 1 aromatic carbocycles. The molecular weight excluding hydrogens is 228 g/mol. The molecule has 3 heteroatoms. The lowest BCUT2D eigenvalue weighted by atomic mass is 10.0. The van der Waals surface area contributed by atoms with Gasteiger partial charge in [0.15, 0.2) is 0 Å². The van der Waals surface area contributed by atoms with Gasteiger partial charge in [-0.2, -0.15) is 0 Å². The molecule has 1 N–H and O–H groups in total. The quantitative estimate of drug-likeness (QED) is 0.844. The Morgan fingerprint density at radius 2 is 2.00 bits per heavy atom. The van der Waals surface area contributed by atoms with Crippen LogP contribution in [-0.4, -0.2) is 24.4 Å². The Labute approximate surface area is 110 Å². The number of benzene rings is 1. The van der Waals surface area contributed by atoms with Crippen LogP contribution in [0.3, 0.4) is 0 Å². The van der Waals surface area contributed by atoms with Crippen LogP contribution in [0.4, 0.5) is 0 Å². The third kappa shape index (κ3) is 4.00. The van der Waals surface area contributed by atoms with Crippen molar-refractivity contribution in [1.82, 2.24) is 0 Å². The molecule has 0 fully saturated rings. The molecule has 0 heterocycles. The van der Waals surface area contributed by atoms with E-state index in [1.807, 2.05) is 39.0 Å². The van der Waals surface area contributed by atoms with Crippen molar-refractivity contribution < 1.29 is 14.6 Å². The molecule has 0 spiro atoms. The predicted molar refractivity (Wildman–Crippen MR) is 73.0 cm³/mol. The summed E-state index contributed by atoms with van der Waals surface area (Å²) in [5.74, 6) is 0.700. The topological polar surface area (TPSA) is 38.7 Å². The van der Waals surface area contributed by atoms with Gasteiger partial charge in [-0.3, -0.25) is 0 Å². The molecular formula is C15H24O3. The summed E-state index contributed by atoms with van der Waals surface area (Å²) < 4.78 is 11.0. The van der Waals surface area contributed by atoms with Crippen molar-refractivity contribution in [3.63, 3.8) is 0 Å². The normalized spacial score (nSPS) is 13.4. The molecule has 0 saturated heterocycles. The number of aliphatic hydroxyl groups excluding tert-OH is 1. The highest BCUT2D eigenvalue weighted by atomic mass is 16.5. The summed E-state index contributed by atoms with van der Waals surface area (Å²) in [6.45, 7) is 8.38. The predicted octanol–water partition coefficient (Wildman–Crippen LogP) is 3.24. The van der Waals surface area contributed by atoms with E-state index < -0.39 is 6.10 Å². The van der Waals surface area contributed by atoms with Gasteiger partial charge in [-0.15, -0.1) is 0 Å². The average Bonchev–Trinajstić information content (AvgIpc) is 2.36. The lowest BCUT2D eigenvalue weighted by Gasteiger charge is -2.26. The molecule has 0 aliphatic heterocycles. The fourth-order valence-electron chi connectivity index (χ4n) is 1.61. The molecule has 0 bridgehead atoms. The van der Waals surface area contributed by atoms with Crippen molar-refractivity contribution in [3.05, 3.63) is 29.3 Å². The summed E-state index contributed by atoms with van der Waals surface area (Å²) in [4.78, 5) is 0. The van der Waals surface area contributed by atoms with Crippen molar-refractivity contribution in [2.24, 2.45) is 0 Å². The van der Waals surface area contributed by atoms with Crippen LogP contribution in [0.1, 0.15) is 44.4 Å². The number of hydrogen-bond donors (Lipinski definition) is 1. The fraction of sp³-hybridized carbons (Fsp3) is 0.600. The van der Waals surface area contributed by atoms with Gasteiger partial charge < -0.3 is 14.6 Å². The standard InChI is InChI=1S/C15H24O3/c1-6-15(3,4)18-10-13(16)12-9-11(2)7-8-14(12)17-5/h7-9,13,16H,6,10H2,1-5H3. The molecule has 0 amide bonds. The number of aryl methyl sites for hydroxylation is 1. The van der Waals surface area contributed by atoms with E-state index in [2.05, 4.69) is 6.92 Å². The molecule has 3 nitrogen and oxygen atoms in total. The zero-order chi connectivity index (χ0) is 13.8. The lowest BCUT2D eigenvalue weighted by molar-refractivity contribution is -0.0622. The second kappa shape index (κ2) is 6.21. The van der Waals surface area contributed by atoms with Crippen LogP contribution in [0, 0.1) is 6.92 Å². The Morgan fingerprint density at radius 1 is 1.33 bits per heavy atom. The summed E-state index contributed by atoms with van der Waals surface area (Å²) in [5.41, 5.74) is 1.67. The van der Waals surface area contributed by atoms with Crippen LogP contribution in [0.25, 0.3) is 0 Å². The maximum absolute atomic E-state index is 10.2. The largest absolute Gasteiger partial charge is 0.496 e. The average molecular weight is 252 g/mol. The van der Waals surface area contributed by atoms with Gasteiger partial charge in [-0.25, -0.2) is 0 Å². The molecule has 1 aromatic rings. The zero-order valence-electron chi connectivity index (χ0n) is 12.0. The fourth-order valence-corrected chi connectivity index (χ4v) is 1.61. The van der Waals surface area contributed by atoms with E-state index in [9.17, 15) is 5.11 Å². The van der Waals surface area contributed by atoms with Crippen LogP contribution < -0.4 is 4.74 Å². The first kappa shape index (κ1) is 15.0. The number of ether oxygens (including phenoxy) is 2. The summed E-state index contributed by atoms with van der Waals surface area (Å²) in [7, 11) is 1.61. The van der Waals surface area contributed by atoms with E-state index in [1.165, 1.54) is 0 Å². The smallest absolute Gasteiger partial charge is 0.124 e. The second-order valence-electron chi connectivity index (χ2n) is 5.19. The van der Waals surface area contributed by atoms with E-state index in [4.69, 9.17) is 9.47 Å². The number of methoxy groups -OCH3 is 1. The van der Waals surface area contributed by atoms with E-state index in [0.717, 1.165) is 17.5 Å². The molecule has 102 valence electrons.